The van der Waals surface area contributed by atoms with E-state index in [1.54, 1.807) is 24.3 Å². The molecule has 2 heterocycles. The van der Waals surface area contributed by atoms with Crippen LogP contribution in [-0.2, 0) is 0 Å². The van der Waals surface area contributed by atoms with E-state index in [9.17, 15) is 19.2 Å². The molecule has 2 aliphatic rings. The third-order valence-electron chi connectivity index (χ3n) is 8.04. The summed E-state index contributed by atoms with van der Waals surface area (Å²) in [4.78, 5) is 64.1. The highest BCUT2D eigenvalue weighted by Gasteiger charge is 2.36. The first-order chi connectivity index (χ1) is 20.2. The number of nitrogens with zero attached hydrogens (tertiary/aromatic N) is 4. The Bertz CT molecular complexity index is 1850. The number of aliphatic imine (C=N–C) groups is 2. The number of hydrogen-bond acceptors (Lipinski definition) is 6. The van der Waals surface area contributed by atoms with Crippen LogP contribution in [0.15, 0.2) is 58.5 Å². The summed E-state index contributed by atoms with van der Waals surface area (Å²) in [6.07, 6.45) is 0. The standard InChI is InChI=1S/C30H24N8O4/c31-29(32)35-9-11-37-25(39)17-5-1-13-14-2-6-19-24-20(28(42)38(27(19)41)12-10-36-30(33)34)8-4-16(22(14)24)15-3-7-18(26(37)40)23(17)21(13)15/h1-8H,9-12H2,(H4,31,32,35)(H4,33,34,36). The molecule has 0 bridgehead atoms. The second-order valence-corrected chi connectivity index (χ2v) is 10.3. The molecule has 2 aliphatic heterocycles. The van der Waals surface area contributed by atoms with Gasteiger partial charge in [-0.05, 0) is 56.6 Å². The number of imide groups is 2. The van der Waals surface area contributed by atoms with Gasteiger partial charge in [-0.1, -0.05) is 24.3 Å². The van der Waals surface area contributed by atoms with Crippen LogP contribution < -0.4 is 22.9 Å². The van der Waals surface area contributed by atoms with Crippen molar-refractivity contribution in [2.75, 3.05) is 26.2 Å². The monoisotopic (exact) mass is 560 g/mol. The van der Waals surface area contributed by atoms with Crippen LogP contribution in [0.3, 0.4) is 0 Å². The summed E-state index contributed by atoms with van der Waals surface area (Å²) >= 11 is 0. The Morgan fingerprint density at radius 3 is 1.02 bits per heavy atom. The number of nitrogens with two attached hydrogens (primary N) is 4. The summed E-state index contributed by atoms with van der Waals surface area (Å²) in [6.45, 7) is 0.271. The molecule has 0 spiro atoms. The van der Waals surface area contributed by atoms with Crippen molar-refractivity contribution in [1.29, 1.82) is 0 Å². The Labute approximate surface area is 237 Å². The number of fused-ring (bicyclic) bond motifs is 2. The molecule has 0 atom stereocenters. The zero-order valence-corrected chi connectivity index (χ0v) is 22.2. The topological polar surface area (TPSA) is 204 Å². The van der Waals surface area contributed by atoms with E-state index in [1.807, 2.05) is 24.3 Å². The zero-order valence-electron chi connectivity index (χ0n) is 22.2. The molecule has 0 saturated carbocycles. The van der Waals surface area contributed by atoms with Crippen LogP contribution >= 0.6 is 0 Å². The van der Waals surface area contributed by atoms with E-state index in [1.165, 1.54) is 0 Å². The number of carbonyl (C=O) groups is 4. The van der Waals surface area contributed by atoms with Gasteiger partial charge in [-0.25, -0.2) is 0 Å². The van der Waals surface area contributed by atoms with Crippen molar-refractivity contribution in [2.45, 2.75) is 0 Å². The maximum Gasteiger partial charge on any atom is 0.261 e. The fourth-order valence-corrected chi connectivity index (χ4v) is 6.33. The maximum absolute atomic E-state index is 13.5. The molecule has 8 N–H and O–H groups in total. The van der Waals surface area contributed by atoms with Crippen molar-refractivity contribution < 1.29 is 19.2 Å². The molecule has 5 aromatic rings. The third-order valence-corrected chi connectivity index (χ3v) is 8.04. The average Bonchev–Trinajstić information content (AvgIpc) is 2.97. The van der Waals surface area contributed by atoms with Gasteiger partial charge in [-0.15, -0.1) is 0 Å². The van der Waals surface area contributed by atoms with Gasteiger partial charge < -0.3 is 22.9 Å². The first kappa shape index (κ1) is 25.2. The first-order valence-electron chi connectivity index (χ1n) is 13.2. The van der Waals surface area contributed by atoms with Crippen molar-refractivity contribution >= 4 is 78.6 Å². The van der Waals surface area contributed by atoms with E-state index >= 15 is 0 Å². The minimum Gasteiger partial charge on any atom is -0.370 e. The summed E-state index contributed by atoms with van der Waals surface area (Å²) in [5.74, 6) is -1.92. The van der Waals surface area contributed by atoms with Crippen LogP contribution in [0.4, 0.5) is 0 Å². The molecule has 4 amide bonds. The fourth-order valence-electron chi connectivity index (χ4n) is 6.33. The largest absolute Gasteiger partial charge is 0.370 e. The van der Waals surface area contributed by atoms with E-state index in [4.69, 9.17) is 22.9 Å². The van der Waals surface area contributed by atoms with Crippen molar-refractivity contribution in [2.24, 2.45) is 32.9 Å². The van der Waals surface area contributed by atoms with Crippen LogP contribution in [0, 0.1) is 0 Å². The predicted octanol–water partition coefficient (Wildman–Crippen LogP) is 1.48. The number of amides is 4. The second-order valence-electron chi connectivity index (χ2n) is 10.3. The fraction of sp³-hybridized carbons (Fsp3) is 0.133. The molecule has 0 aromatic heterocycles. The molecule has 5 aromatic carbocycles. The van der Waals surface area contributed by atoms with Gasteiger partial charge in [0, 0.05) is 46.1 Å². The van der Waals surface area contributed by atoms with E-state index in [-0.39, 0.29) is 38.1 Å². The Morgan fingerprint density at radius 2 is 0.762 bits per heavy atom. The summed E-state index contributed by atoms with van der Waals surface area (Å²) < 4.78 is 0. The Kier molecular flexibility index (Phi) is 5.32. The van der Waals surface area contributed by atoms with Crippen molar-refractivity contribution in [3.05, 3.63) is 70.8 Å². The molecule has 12 heteroatoms. The molecule has 0 saturated heterocycles. The SMILES string of the molecule is NC(N)=NCCN1C(=O)c2ccc3c4ccc5c6c(ccc(c7ccc(c2c37)C1=O)c64)C(=O)N(CCN=C(N)N)C5=O. The maximum atomic E-state index is 13.5. The van der Waals surface area contributed by atoms with Crippen LogP contribution in [0.2, 0.25) is 0 Å². The summed E-state index contributed by atoms with van der Waals surface area (Å²) in [6, 6.07) is 14.3. The summed E-state index contributed by atoms with van der Waals surface area (Å²) in [5, 5.41) is 5.96. The zero-order chi connectivity index (χ0) is 29.4. The van der Waals surface area contributed by atoms with Gasteiger partial charge in [0.05, 0.1) is 13.1 Å². The average molecular weight is 561 g/mol. The molecule has 7 rings (SSSR count). The highest BCUT2D eigenvalue weighted by atomic mass is 16.2. The van der Waals surface area contributed by atoms with Crippen LogP contribution in [0.1, 0.15) is 41.4 Å². The summed E-state index contributed by atoms with van der Waals surface area (Å²) in [5.41, 5.74) is 23.3. The minimum atomic E-state index is -0.421. The molecule has 42 heavy (non-hydrogen) atoms. The van der Waals surface area contributed by atoms with E-state index in [0.717, 1.165) is 42.1 Å². The van der Waals surface area contributed by atoms with Gasteiger partial charge in [0.15, 0.2) is 11.9 Å². The van der Waals surface area contributed by atoms with Gasteiger partial charge in [0.1, 0.15) is 0 Å². The number of benzene rings is 5. The lowest BCUT2D eigenvalue weighted by atomic mass is 9.82. The van der Waals surface area contributed by atoms with Gasteiger partial charge in [-0.3, -0.25) is 39.0 Å². The normalized spacial score (nSPS) is 14.6. The molecule has 0 radical (unpaired) electrons. The second kappa shape index (κ2) is 8.86. The van der Waals surface area contributed by atoms with E-state index in [2.05, 4.69) is 9.98 Å². The molecule has 0 unspecified atom stereocenters. The van der Waals surface area contributed by atoms with Gasteiger partial charge in [-0.2, -0.15) is 0 Å². The lowest BCUT2D eigenvalue weighted by Crippen LogP contribution is -2.42. The van der Waals surface area contributed by atoms with Crippen LogP contribution in [0.25, 0.3) is 43.1 Å². The molecular weight excluding hydrogens is 536 g/mol. The number of rotatable bonds is 6. The van der Waals surface area contributed by atoms with Gasteiger partial charge in [0.2, 0.25) is 0 Å². The number of carbonyl (C=O) groups excluding carboxylic acids is 4. The third kappa shape index (κ3) is 3.35. The lowest BCUT2D eigenvalue weighted by Gasteiger charge is -2.29. The minimum absolute atomic E-state index is 0.0404. The Morgan fingerprint density at radius 1 is 0.476 bits per heavy atom. The number of hydrogen-bond donors (Lipinski definition) is 4. The van der Waals surface area contributed by atoms with Gasteiger partial charge >= 0.3 is 0 Å². The molecule has 0 aliphatic carbocycles. The van der Waals surface area contributed by atoms with Gasteiger partial charge in [0.25, 0.3) is 23.6 Å². The highest BCUT2D eigenvalue weighted by Crippen LogP contribution is 2.46. The van der Waals surface area contributed by atoms with Crippen molar-refractivity contribution in [1.82, 2.24) is 9.80 Å². The molecule has 208 valence electrons. The van der Waals surface area contributed by atoms with Crippen molar-refractivity contribution in [3.8, 4) is 0 Å². The Balaban J connectivity index is 1.44. The van der Waals surface area contributed by atoms with Crippen molar-refractivity contribution in [3.63, 3.8) is 0 Å². The lowest BCUT2D eigenvalue weighted by molar-refractivity contribution is 0.0600. The molecule has 12 nitrogen and oxygen atoms in total. The Hall–Kier alpha value is -5.78. The van der Waals surface area contributed by atoms with Crippen LogP contribution in [0.5, 0.6) is 0 Å². The highest BCUT2D eigenvalue weighted by molar-refractivity contribution is 6.41. The predicted molar refractivity (Wildman–Crippen MR) is 160 cm³/mol. The molecule has 0 fully saturated rings. The smallest absolute Gasteiger partial charge is 0.261 e. The molecular formula is C30H24N8O4. The quantitative estimate of drug-likeness (QED) is 0.0785. The summed E-state index contributed by atoms with van der Waals surface area (Å²) in [7, 11) is 0. The van der Waals surface area contributed by atoms with E-state index < -0.39 is 23.6 Å². The first-order valence-corrected chi connectivity index (χ1v) is 13.2. The van der Waals surface area contributed by atoms with Crippen LogP contribution in [-0.4, -0.2) is 71.5 Å². The number of guanidine groups is 2. The van der Waals surface area contributed by atoms with E-state index in [0.29, 0.717) is 33.0 Å².